The first kappa shape index (κ1) is 18.2. The molecule has 0 aliphatic carbocycles. The van der Waals surface area contributed by atoms with Gasteiger partial charge in [-0.05, 0) is 37.8 Å². The minimum Gasteiger partial charge on any atom is -0.376 e. The molecule has 0 radical (unpaired) electrons. The fourth-order valence-electron chi connectivity index (χ4n) is 3.36. The molecule has 0 saturated carbocycles. The quantitative estimate of drug-likeness (QED) is 0.809. The summed E-state index contributed by atoms with van der Waals surface area (Å²) in [5.74, 6) is 0.511. The van der Waals surface area contributed by atoms with Gasteiger partial charge in [0.2, 0.25) is 5.91 Å². The molecule has 5 heteroatoms. The van der Waals surface area contributed by atoms with Crippen LogP contribution < -0.4 is 5.32 Å². The standard InChI is InChI=1S/C18H26N2O2.ClH/c21-18(16-8-10-19-13-16)20-11-9-17(14-20)22-12-4-7-15-5-2-1-3-6-15;/h1-3,5-6,16-17,19H,4,7-14H2;1H. The van der Waals surface area contributed by atoms with Crippen LogP contribution in [-0.2, 0) is 16.0 Å². The molecule has 2 fully saturated rings. The summed E-state index contributed by atoms with van der Waals surface area (Å²) in [6, 6.07) is 10.5. The third-order valence-corrected chi connectivity index (χ3v) is 4.67. The molecule has 2 saturated heterocycles. The predicted molar refractivity (Wildman–Crippen MR) is 93.9 cm³/mol. The Morgan fingerprint density at radius 2 is 2.09 bits per heavy atom. The number of ether oxygens (including phenoxy) is 1. The Balaban J connectivity index is 0.00000192. The topological polar surface area (TPSA) is 41.6 Å². The molecule has 2 unspecified atom stereocenters. The summed E-state index contributed by atoms with van der Waals surface area (Å²) in [6.07, 6.45) is 4.30. The molecule has 3 rings (SSSR count). The van der Waals surface area contributed by atoms with E-state index in [1.807, 2.05) is 11.0 Å². The van der Waals surface area contributed by atoms with Crippen molar-refractivity contribution in [2.75, 3.05) is 32.8 Å². The van der Waals surface area contributed by atoms with Crippen molar-refractivity contribution in [2.45, 2.75) is 31.8 Å². The Morgan fingerprint density at radius 3 is 2.83 bits per heavy atom. The maximum atomic E-state index is 12.3. The van der Waals surface area contributed by atoms with Crippen LogP contribution in [0, 0.1) is 5.92 Å². The SMILES string of the molecule is Cl.O=C(C1CCNC1)N1CCC(OCCCc2ccccc2)C1. The van der Waals surface area contributed by atoms with Gasteiger partial charge in [0.05, 0.1) is 12.0 Å². The van der Waals surface area contributed by atoms with E-state index >= 15 is 0 Å². The van der Waals surface area contributed by atoms with E-state index in [2.05, 4.69) is 29.6 Å². The van der Waals surface area contributed by atoms with E-state index in [0.29, 0.717) is 5.91 Å². The normalized spacial score (nSPS) is 23.7. The van der Waals surface area contributed by atoms with E-state index in [9.17, 15) is 4.79 Å². The molecule has 23 heavy (non-hydrogen) atoms. The van der Waals surface area contributed by atoms with Gasteiger partial charge >= 0.3 is 0 Å². The highest BCUT2D eigenvalue weighted by molar-refractivity contribution is 5.85. The molecule has 2 heterocycles. The molecule has 0 aromatic heterocycles. The molecule has 1 aromatic carbocycles. The van der Waals surface area contributed by atoms with Crippen LogP contribution in [0.2, 0.25) is 0 Å². The van der Waals surface area contributed by atoms with Gasteiger partial charge in [-0.15, -0.1) is 12.4 Å². The van der Waals surface area contributed by atoms with Crippen molar-refractivity contribution in [3.05, 3.63) is 35.9 Å². The van der Waals surface area contributed by atoms with Crippen LogP contribution in [0.1, 0.15) is 24.8 Å². The van der Waals surface area contributed by atoms with Crippen molar-refractivity contribution < 1.29 is 9.53 Å². The summed E-state index contributed by atoms with van der Waals surface area (Å²) >= 11 is 0. The second kappa shape index (κ2) is 9.26. The summed E-state index contributed by atoms with van der Waals surface area (Å²) in [4.78, 5) is 14.3. The number of nitrogens with zero attached hydrogens (tertiary/aromatic N) is 1. The molecule has 0 bridgehead atoms. The average molecular weight is 339 g/mol. The van der Waals surface area contributed by atoms with Crippen LogP contribution in [0.4, 0.5) is 0 Å². The molecule has 2 atom stereocenters. The highest BCUT2D eigenvalue weighted by Gasteiger charge is 2.32. The number of benzene rings is 1. The number of carbonyl (C=O) groups excluding carboxylic acids is 1. The molecular formula is C18H27ClN2O2. The number of carbonyl (C=O) groups is 1. The van der Waals surface area contributed by atoms with Gasteiger partial charge in [0.15, 0.2) is 0 Å². The molecule has 128 valence electrons. The summed E-state index contributed by atoms with van der Waals surface area (Å²) in [7, 11) is 0. The van der Waals surface area contributed by atoms with Gasteiger partial charge < -0.3 is 15.0 Å². The zero-order chi connectivity index (χ0) is 15.2. The Hall–Kier alpha value is -1.10. The number of nitrogens with one attached hydrogen (secondary N) is 1. The van der Waals surface area contributed by atoms with Gasteiger partial charge in [0.25, 0.3) is 0 Å². The van der Waals surface area contributed by atoms with Crippen molar-refractivity contribution in [2.24, 2.45) is 5.92 Å². The van der Waals surface area contributed by atoms with Crippen LogP contribution in [0.15, 0.2) is 30.3 Å². The monoisotopic (exact) mass is 338 g/mol. The van der Waals surface area contributed by atoms with E-state index in [1.54, 1.807) is 0 Å². The Labute approximate surface area is 145 Å². The zero-order valence-electron chi connectivity index (χ0n) is 13.6. The summed E-state index contributed by atoms with van der Waals surface area (Å²) in [6.45, 7) is 4.24. The van der Waals surface area contributed by atoms with E-state index in [0.717, 1.165) is 58.5 Å². The Kier molecular flexibility index (Phi) is 7.34. The van der Waals surface area contributed by atoms with Gasteiger partial charge in [0.1, 0.15) is 0 Å². The molecule has 2 aliphatic heterocycles. The van der Waals surface area contributed by atoms with Gasteiger partial charge in [-0.3, -0.25) is 4.79 Å². The molecule has 1 amide bonds. The van der Waals surface area contributed by atoms with Crippen LogP contribution in [0.5, 0.6) is 0 Å². The minimum absolute atomic E-state index is 0. The number of halogens is 1. The first-order valence-corrected chi connectivity index (χ1v) is 8.48. The molecule has 1 N–H and O–H groups in total. The lowest BCUT2D eigenvalue weighted by atomic mass is 10.1. The van der Waals surface area contributed by atoms with Gasteiger partial charge in [-0.2, -0.15) is 0 Å². The molecule has 1 aromatic rings. The van der Waals surface area contributed by atoms with E-state index in [-0.39, 0.29) is 24.4 Å². The molecule has 2 aliphatic rings. The van der Waals surface area contributed by atoms with Crippen LogP contribution in [0.3, 0.4) is 0 Å². The zero-order valence-corrected chi connectivity index (χ0v) is 14.4. The number of aryl methyl sites for hydroxylation is 1. The van der Waals surface area contributed by atoms with Crippen molar-refractivity contribution in [1.29, 1.82) is 0 Å². The van der Waals surface area contributed by atoms with Crippen LogP contribution in [0.25, 0.3) is 0 Å². The second-order valence-corrected chi connectivity index (χ2v) is 6.34. The third kappa shape index (κ3) is 5.20. The average Bonchev–Trinajstić information content (AvgIpc) is 3.24. The lowest BCUT2D eigenvalue weighted by molar-refractivity contribution is -0.134. The van der Waals surface area contributed by atoms with Crippen LogP contribution in [-0.4, -0.2) is 49.7 Å². The fourth-order valence-corrected chi connectivity index (χ4v) is 3.36. The summed E-state index contributed by atoms with van der Waals surface area (Å²) in [5, 5.41) is 3.27. The number of amides is 1. The van der Waals surface area contributed by atoms with E-state index in [1.165, 1.54) is 5.56 Å². The third-order valence-electron chi connectivity index (χ3n) is 4.67. The van der Waals surface area contributed by atoms with E-state index in [4.69, 9.17) is 4.74 Å². The van der Waals surface area contributed by atoms with Crippen LogP contribution >= 0.6 is 12.4 Å². The van der Waals surface area contributed by atoms with Crippen molar-refractivity contribution in [3.8, 4) is 0 Å². The van der Waals surface area contributed by atoms with Crippen molar-refractivity contribution >= 4 is 18.3 Å². The number of likely N-dealkylation sites (tertiary alicyclic amines) is 1. The number of hydrogen-bond acceptors (Lipinski definition) is 3. The van der Waals surface area contributed by atoms with Crippen molar-refractivity contribution in [3.63, 3.8) is 0 Å². The van der Waals surface area contributed by atoms with Crippen molar-refractivity contribution in [1.82, 2.24) is 10.2 Å². The predicted octanol–water partition coefficient (Wildman–Crippen LogP) is 2.27. The first-order valence-electron chi connectivity index (χ1n) is 8.48. The fraction of sp³-hybridized carbons (Fsp3) is 0.611. The first-order chi connectivity index (χ1) is 10.8. The Bertz CT molecular complexity index is 477. The second-order valence-electron chi connectivity index (χ2n) is 6.34. The highest BCUT2D eigenvalue weighted by Crippen LogP contribution is 2.19. The Morgan fingerprint density at radius 1 is 1.26 bits per heavy atom. The largest absolute Gasteiger partial charge is 0.376 e. The molecular weight excluding hydrogens is 312 g/mol. The molecule has 0 spiro atoms. The van der Waals surface area contributed by atoms with E-state index < -0.39 is 0 Å². The maximum absolute atomic E-state index is 12.3. The highest BCUT2D eigenvalue weighted by atomic mass is 35.5. The lowest BCUT2D eigenvalue weighted by Gasteiger charge is -2.20. The molecule has 4 nitrogen and oxygen atoms in total. The van der Waals surface area contributed by atoms with Gasteiger partial charge in [-0.1, -0.05) is 30.3 Å². The minimum atomic E-state index is 0. The number of hydrogen-bond donors (Lipinski definition) is 1. The van der Waals surface area contributed by atoms with Gasteiger partial charge in [0, 0.05) is 26.2 Å². The lowest BCUT2D eigenvalue weighted by Crippen LogP contribution is -2.36. The maximum Gasteiger partial charge on any atom is 0.227 e. The summed E-state index contributed by atoms with van der Waals surface area (Å²) in [5.41, 5.74) is 1.36. The smallest absolute Gasteiger partial charge is 0.227 e. The number of rotatable bonds is 6. The summed E-state index contributed by atoms with van der Waals surface area (Å²) < 4.78 is 5.96. The van der Waals surface area contributed by atoms with Gasteiger partial charge in [-0.25, -0.2) is 0 Å².